The third-order valence-corrected chi connectivity index (χ3v) is 4.38. The van der Waals surface area contributed by atoms with Crippen LogP contribution in [0.3, 0.4) is 0 Å². The van der Waals surface area contributed by atoms with Crippen LogP contribution in [0.5, 0.6) is 0 Å². The molecule has 5 nitrogen and oxygen atoms in total. The molecule has 0 aliphatic rings. The summed E-state index contributed by atoms with van der Waals surface area (Å²) in [6.45, 7) is 6.28. The Labute approximate surface area is 159 Å². The van der Waals surface area contributed by atoms with E-state index < -0.39 is 0 Å². The largest absolute Gasteiger partial charge is 0.352 e. The topological polar surface area (TPSA) is 64.0 Å². The van der Waals surface area contributed by atoms with Crippen LogP contribution in [0.1, 0.15) is 40.0 Å². The van der Waals surface area contributed by atoms with Crippen LogP contribution < -0.4 is 10.9 Å². The first kappa shape index (κ1) is 20.2. The molecule has 0 saturated carbocycles. The standard InChI is InChI=1S/C20H26ClN3O2/c1-14(2)5-4-6-15(3)22-19(25)13-24-20(26)12-11-18(23-24)16-7-9-17(21)10-8-16/h7-12,14-15H,4-6,13H2,1-3H3,(H,22,25)/t15-/m0/s1. The smallest absolute Gasteiger partial charge is 0.267 e. The summed E-state index contributed by atoms with van der Waals surface area (Å²) in [5.74, 6) is 0.459. The average Bonchev–Trinajstić information content (AvgIpc) is 2.57. The Morgan fingerprint density at radius 3 is 2.46 bits per heavy atom. The summed E-state index contributed by atoms with van der Waals surface area (Å²) in [5.41, 5.74) is 1.16. The fraction of sp³-hybridized carbons (Fsp3) is 0.450. The maximum Gasteiger partial charge on any atom is 0.267 e. The molecule has 0 unspecified atom stereocenters. The molecule has 1 amide bonds. The van der Waals surface area contributed by atoms with E-state index in [0.717, 1.165) is 24.8 Å². The van der Waals surface area contributed by atoms with Crippen molar-refractivity contribution in [2.24, 2.45) is 5.92 Å². The number of nitrogens with one attached hydrogen (secondary N) is 1. The van der Waals surface area contributed by atoms with Gasteiger partial charge in [-0.05, 0) is 37.5 Å². The van der Waals surface area contributed by atoms with Crippen molar-refractivity contribution < 1.29 is 4.79 Å². The van der Waals surface area contributed by atoms with Crippen molar-refractivity contribution in [3.63, 3.8) is 0 Å². The van der Waals surface area contributed by atoms with Crippen LogP contribution in [-0.4, -0.2) is 21.7 Å². The van der Waals surface area contributed by atoms with E-state index in [0.29, 0.717) is 16.6 Å². The van der Waals surface area contributed by atoms with Crippen molar-refractivity contribution in [1.29, 1.82) is 0 Å². The second kappa shape index (κ2) is 9.53. The quantitative estimate of drug-likeness (QED) is 0.761. The third kappa shape index (κ3) is 6.30. The lowest BCUT2D eigenvalue weighted by molar-refractivity contribution is -0.122. The van der Waals surface area contributed by atoms with Gasteiger partial charge in [0, 0.05) is 22.7 Å². The summed E-state index contributed by atoms with van der Waals surface area (Å²) in [4.78, 5) is 24.3. The number of nitrogens with zero attached hydrogens (tertiary/aromatic N) is 2. The Balaban J connectivity index is 2.00. The van der Waals surface area contributed by atoms with Crippen molar-refractivity contribution in [3.8, 4) is 11.3 Å². The summed E-state index contributed by atoms with van der Waals surface area (Å²) in [6, 6.07) is 10.3. The molecule has 0 fully saturated rings. The Bertz CT molecular complexity index is 784. The third-order valence-electron chi connectivity index (χ3n) is 4.13. The van der Waals surface area contributed by atoms with Crippen LogP contribution in [0.4, 0.5) is 0 Å². The van der Waals surface area contributed by atoms with Gasteiger partial charge in [0.15, 0.2) is 0 Å². The molecule has 0 bridgehead atoms. The van der Waals surface area contributed by atoms with E-state index in [9.17, 15) is 9.59 Å². The van der Waals surface area contributed by atoms with Gasteiger partial charge >= 0.3 is 0 Å². The summed E-state index contributed by atoms with van der Waals surface area (Å²) < 4.78 is 1.19. The molecule has 0 saturated heterocycles. The van der Waals surface area contributed by atoms with Crippen LogP contribution in [0.15, 0.2) is 41.2 Å². The lowest BCUT2D eigenvalue weighted by Gasteiger charge is -2.15. The van der Waals surface area contributed by atoms with Crippen LogP contribution in [-0.2, 0) is 11.3 Å². The number of carbonyl (C=O) groups excluding carboxylic acids is 1. The van der Waals surface area contributed by atoms with Crippen molar-refractivity contribution in [1.82, 2.24) is 15.1 Å². The first-order chi connectivity index (χ1) is 12.3. The zero-order valence-electron chi connectivity index (χ0n) is 15.5. The number of halogens is 1. The van der Waals surface area contributed by atoms with Crippen molar-refractivity contribution >= 4 is 17.5 Å². The van der Waals surface area contributed by atoms with Gasteiger partial charge in [-0.15, -0.1) is 0 Å². The van der Waals surface area contributed by atoms with E-state index in [-0.39, 0.29) is 24.1 Å². The van der Waals surface area contributed by atoms with Gasteiger partial charge in [-0.3, -0.25) is 9.59 Å². The Morgan fingerprint density at radius 2 is 1.81 bits per heavy atom. The Hall–Kier alpha value is -2.14. The molecule has 0 spiro atoms. The van der Waals surface area contributed by atoms with Crippen molar-refractivity contribution in [3.05, 3.63) is 51.8 Å². The lowest BCUT2D eigenvalue weighted by Crippen LogP contribution is -2.38. The highest BCUT2D eigenvalue weighted by Gasteiger charge is 2.11. The van der Waals surface area contributed by atoms with E-state index in [2.05, 4.69) is 24.3 Å². The molecule has 2 rings (SSSR count). The van der Waals surface area contributed by atoms with Gasteiger partial charge in [-0.2, -0.15) is 5.10 Å². The van der Waals surface area contributed by atoms with E-state index in [1.54, 1.807) is 18.2 Å². The molecule has 0 aliphatic heterocycles. The number of carbonyl (C=O) groups is 1. The Morgan fingerprint density at radius 1 is 1.12 bits per heavy atom. The molecular formula is C20H26ClN3O2. The van der Waals surface area contributed by atoms with Gasteiger partial charge in [0.1, 0.15) is 6.54 Å². The second-order valence-electron chi connectivity index (χ2n) is 7.01. The zero-order valence-corrected chi connectivity index (χ0v) is 16.3. The van der Waals surface area contributed by atoms with E-state index >= 15 is 0 Å². The molecule has 6 heteroatoms. The summed E-state index contributed by atoms with van der Waals surface area (Å²) in [6.07, 6.45) is 3.14. The van der Waals surface area contributed by atoms with E-state index in [4.69, 9.17) is 11.6 Å². The second-order valence-corrected chi connectivity index (χ2v) is 7.45. The number of rotatable bonds is 8. The molecule has 140 valence electrons. The first-order valence-electron chi connectivity index (χ1n) is 8.98. The molecule has 1 aromatic heterocycles. The molecular weight excluding hydrogens is 350 g/mol. The van der Waals surface area contributed by atoms with Crippen LogP contribution in [0, 0.1) is 5.92 Å². The molecule has 0 aliphatic carbocycles. The molecule has 1 heterocycles. The number of aromatic nitrogens is 2. The maximum atomic E-state index is 12.2. The summed E-state index contributed by atoms with van der Waals surface area (Å²) >= 11 is 5.90. The van der Waals surface area contributed by atoms with Crippen molar-refractivity contribution in [2.75, 3.05) is 0 Å². The molecule has 2 aromatic rings. The monoisotopic (exact) mass is 375 g/mol. The van der Waals surface area contributed by atoms with Crippen LogP contribution in [0.25, 0.3) is 11.3 Å². The fourth-order valence-electron chi connectivity index (χ4n) is 2.70. The van der Waals surface area contributed by atoms with Gasteiger partial charge in [0.25, 0.3) is 5.56 Å². The predicted octanol–water partition coefficient (Wildman–Crippen LogP) is 3.89. The normalized spacial score (nSPS) is 12.2. The van der Waals surface area contributed by atoms with E-state index in [1.165, 1.54) is 10.7 Å². The lowest BCUT2D eigenvalue weighted by atomic mass is 10.0. The molecule has 1 aromatic carbocycles. The van der Waals surface area contributed by atoms with Gasteiger partial charge in [-0.25, -0.2) is 4.68 Å². The number of amides is 1. The first-order valence-corrected chi connectivity index (χ1v) is 9.36. The van der Waals surface area contributed by atoms with Crippen molar-refractivity contribution in [2.45, 2.75) is 52.6 Å². The molecule has 1 atom stereocenters. The average molecular weight is 376 g/mol. The highest BCUT2D eigenvalue weighted by Crippen LogP contribution is 2.18. The van der Waals surface area contributed by atoms with E-state index in [1.807, 2.05) is 19.1 Å². The maximum absolute atomic E-state index is 12.2. The number of hydrogen-bond acceptors (Lipinski definition) is 3. The summed E-state index contributed by atoms with van der Waals surface area (Å²) in [5, 5.41) is 7.88. The fourth-order valence-corrected chi connectivity index (χ4v) is 2.82. The SMILES string of the molecule is CC(C)CCC[C@H](C)NC(=O)Cn1nc(-c2ccc(Cl)cc2)ccc1=O. The predicted molar refractivity (Wildman–Crippen MR) is 105 cm³/mol. The van der Waals surface area contributed by atoms with Crippen LogP contribution >= 0.6 is 11.6 Å². The zero-order chi connectivity index (χ0) is 19.1. The highest BCUT2D eigenvalue weighted by atomic mass is 35.5. The molecule has 0 radical (unpaired) electrons. The highest BCUT2D eigenvalue weighted by molar-refractivity contribution is 6.30. The molecule has 26 heavy (non-hydrogen) atoms. The van der Waals surface area contributed by atoms with Gasteiger partial charge in [0.2, 0.25) is 5.91 Å². The summed E-state index contributed by atoms with van der Waals surface area (Å²) in [7, 11) is 0. The number of benzene rings is 1. The number of hydrogen-bond donors (Lipinski definition) is 1. The minimum atomic E-state index is -0.301. The van der Waals surface area contributed by atoms with Gasteiger partial charge in [-0.1, -0.05) is 50.4 Å². The van der Waals surface area contributed by atoms with Gasteiger partial charge < -0.3 is 5.32 Å². The minimum absolute atomic E-state index is 0.0800. The Kier molecular flexibility index (Phi) is 7.39. The minimum Gasteiger partial charge on any atom is -0.352 e. The molecule has 1 N–H and O–H groups in total. The van der Waals surface area contributed by atoms with Crippen LogP contribution in [0.2, 0.25) is 5.02 Å². The van der Waals surface area contributed by atoms with Gasteiger partial charge in [0.05, 0.1) is 5.69 Å².